The summed E-state index contributed by atoms with van der Waals surface area (Å²) in [4.78, 5) is 0. The monoisotopic (exact) mass is 235 g/mol. The van der Waals surface area contributed by atoms with Gasteiger partial charge < -0.3 is 5.32 Å². The molecule has 0 spiro atoms. The van der Waals surface area contributed by atoms with Gasteiger partial charge in [-0.15, -0.1) is 0 Å². The molecule has 0 rings (SSSR count). The first-order valence-electron chi connectivity index (χ1n) is 6.03. The van der Waals surface area contributed by atoms with E-state index in [-0.39, 0.29) is 0 Å². The Morgan fingerprint density at radius 3 is 2.20 bits per heavy atom. The summed E-state index contributed by atoms with van der Waals surface area (Å²) >= 11 is 0. The molecule has 0 radical (unpaired) electrons. The number of hydrogen-bond donors (Lipinski definition) is 1. The molecule has 0 saturated carbocycles. The summed E-state index contributed by atoms with van der Waals surface area (Å²) in [5.74, 6) is 0.718. The molecule has 0 unspecified atom stereocenters. The zero-order valence-electron chi connectivity index (χ0n) is 10.1. The normalized spacial score (nSPS) is 11.9. The van der Waals surface area contributed by atoms with E-state index in [2.05, 4.69) is 12.2 Å². The summed E-state index contributed by atoms with van der Waals surface area (Å²) in [6.45, 7) is 6.13. The SMILES string of the molecule is CCCNCCCCCS(=O)(=O)CCC. The van der Waals surface area contributed by atoms with Crippen molar-refractivity contribution in [2.75, 3.05) is 24.6 Å². The highest BCUT2D eigenvalue weighted by Gasteiger charge is 2.07. The van der Waals surface area contributed by atoms with Gasteiger partial charge in [-0.1, -0.05) is 20.3 Å². The van der Waals surface area contributed by atoms with E-state index >= 15 is 0 Å². The third-order valence-corrected chi connectivity index (χ3v) is 4.19. The van der Waals surface area contributed by atoms with Gasteiger partial charge in [-0.2, -0.15) is 0 Å². The van der Waals surface area contributed by atoms with Crippen LogP contribution in [0.15, 0.2) is 0 Å². The van der Waals surface area contributed by atoms with Crippen molar-refractivity contribution in [3.63, 3.8) is 0 Å². The molecule has 0 aromatic rings. The van der Waals surface area contributed by atoms with Crippen LogP contribution in [0.25, 0.3) is 0 Å². The van der Waals surface area contributed by atoms with Gasteiger partial charge in [-0.25, -0.2) is 8.42 Å². The van der Waals surface area contributed by atoms with Crippen molar-refractivity contribution in [2.45, 2.75) is 46.0 Å². The lowest BCUT2D eigenvalue weighted by atomic mass is 10.2. The fraction of sp³-hybridized carbons (Fsp3) is 1.00. The second kappa shape index (κ2) is 9.16. The van der Waals surface area contributed by atoms with Crippen LogP contribution in [0.1, 0.15) is 46.0 Å². The predicted molar refractivity (Wildman–Crippen MR) is 66.0 cm³/mol. The van der Waals surface area contributed by atoms with Crippen LogP contribution in [0.4, 0.5) is 0 Å². The van der Waals surface area contributed by atoms with Gasteiger partial charge in [0, 0.05) is 5.75 Å². The highest BCUT2D eigenvalue weighted by Crippen LogP contribution is 2.01. The summed E-state index contributed by atoms with van der Waals surface area (Å²) in [5.41, 5.74) is 0. The molecular formula is C11H25NO2S. The second-order valence-corrected chi connectivity index (χ2v) is 6.27. The maximum Gasteiger partial charge on any atom is 0.150 e. The lowest BCUT2D eigenvalue weighted by molar-refractivity contribution is 0.581. The lowest BCUT2D eigenvalue weighted by Crippen LogP contribution is -2.16. The number of hydrogen-bond acceptors (Lipinski definition) is 3. The molecule has 3 nitrogen and oxygen atoms in total. The van der Waals surface area contributed by atoms with Gasteiger partial charge in [0.25, 0.3) is 0 Å². The molecular weight excluding hydrogens is 210 g/mol. The highest BCUT2D eigenvalue weighted by molar-refractivity contribution is 7.91. The largest absolute Gasteiger partial charge is 0.317 e. The number of nitrogens with one attached hydrogen (secondary N) is 1. The summed E-state index contributed by atoms with van der Waals surface area (Å²) in [5, 5.41) is 3.31. The summed E-state index contributed by atoms with van der Waals surface area (Å²) in [6.07, 6.45) is 4.81. The van der Waals surface area contributed by atoms with E-state index in [1.54, 1.807) is 0 Å². The van der Waals surface area contributed by atoms with Crippen LogP contribution in [0.2, 0.25) is 0 Å². The van der Waals surface area contributed by atoms with E-state index in [4.69, 9.17) is 0 Å². The maximum atomic E-state index is 11.4. The van der Waals surface area contributed by atoms with Crippen LogP contribution in [0, 0.1) is 0 Å². The third-order valence-electron chi connectivity index (χ3n) is 2.25. The number of sulfone groups is 1. The van der Waals surface area contributed by atoms with Gasteiger partial charge in [-0.3, -0.25) is 0 Å². The molecule has 0 bridgehead atoms. The molecule has 0 aromatic heterocycles. The van der Waals surface area contributed by atoms with Gasteiger partial charge in [0.1, 0.15) is 9.84 Å². The van der Waals surface area contributed by atoms with E-state index in [1.165, 1.54) is 0 Å². The van der Waals surface area contributed by atoms with Gasteiger partial charge in [-0.05, 0) is 38.8 Å². The Hall–Kier alpha value is -0.0900. The minimum Gasteiger partial charge on any atom is -0.317 e. The maximum absolute atomic E-state index is 11.4. The van der Waals surface area contributed by atoms with Crippen LogP contribution < -0.4 is 5.32 Å². The average Bonchev–Trinajstić information content (AvgIpc) is 2.16. The van der Waals surface area contributed by atoms with Crippen molar-refractivity contribution in [3.8, 4) is 0 Å². The third kappa shape index (κ3) is 10.2. The van der Waals surface area contributed by atoms with Crippen molar-refractivity contribution in [3.05, 3.63) is 0 Å². The van der Waals surface area contributed by atoms with Gasteiger partial charge >= 0.3 is 0 Å². The highest BCUT2D eigenvalue weighted by atomic mass is 32.2. The summed E-state index contributed by atoms with van der Waals surface area (Å²) in [6, 6.07) is 0. The molecule has 0 fully saturated rings. The Morgan fingerprint density at radius 1 is 0.867 bits per heavy atom. The van der Waals surface area contributed by atoms with E-state index < -0.39 is 9.84 Å². The molecule has 4 heteroatoms. The number of rotatable bonds is 10. The topological polar surface area (TPSA) is 46.2 Å². The fourth-order valence-electron chi connectivity index (χ4n) is 1.46. The van der Waals surface area contributed by atoms with Crippen molar-refractivity contribution in [1.29, 1.82) is 0 Å². The van der Waals surface area contributed by atoms with Crippen LogP contribution in [0.3, 0.4) is 0 Å². The van der Waals surface area contributed by atoms with E-state index in [1.807, 2.05) is 6.92 Å². The van der Waals surface area contributed by atoms with Gasteiger partial charge in [0.05, 0.1) is 5.75 Å². The Labute approximate surface area is 94.6 Å². The average molecular weight is 235 g/mol. The molecule has 1 N–H and O–H groups in total. The second-order valence-electron chi connectivity index (χ2n) is 3.96. The standard InChI is InChI=1S/C11H25NO2S/c1-3-8-12-9-6-5-7-11-15(13,14)10-4-2/h12H,3-11H2,1-2H3. The molecule has 0 heterocycles. The van der Waals surface area contributed by atoms with E-state index in [0.717, 1.165) is 45.2 Å². The smallest absolute Gasteiger partial charge is 0.150 e. The van der Waals surface area contributed by atoms with Crippen molar-refractivity contribution >= 4 is 9.84 Å². The molecule has 0 amide bonds. The molecule has 0 aliphatic rings. The van der Waals surface area contributed by atoms with Crippen LogP contribution >= 0.6 is 0 Å². The molecule has 0 atom stereocenters. The molecule has 15 heavy (non-hydrogen) atoms. The van der Waals surface area contributed by atoms with Crippen molar-refractivity contribution in [1.82, 2.24) is 5.32 Å². The van der Waals surface area contributed by atoms with Gasteiger partial charge in [0.15, 0.2) is 0 Å². The summed E-state index contributed by atoms with van der Waals surface area (Å²) in [7, 11) is -2.75. The molecule has 0 aromatic carbocycles. The quantitative estimate of drug-likeness (QED) is 0.589. The van der Waals surface area contributed by atoms with Crippen LogP contribution in [-0.4, -0.2) is 33.0 Å². The van der Waals surface area contributed by atoms with Crippen molar-refractivity contribution < 1.29 is 8.42 Å². The zero-order valence-corrected chi connectivity index (χ0v) is 10.9. The lowest BCUT2D eigenvalue weighted by Gasteiger charge is -2.04. The van der Waals surface area contributed by atoms with Gasteiger partial charge in [0.2, 0.25) is 0 Å². The minimum atomic E-state index is -2.75. The van der Waals surface area contributed by atoms with Crippen molar-refractivity contribution in [2.24, 2.45) is 0 Å². The molecule has 0 saturated heterocycles. The number of unbranched alkanes of at least 4 members (excludes halogenated alkanes) is 2. The molecule has 92 valence electrons. The first-order chi connectivity index (χ1) is 7.12. The first kappa shape index (κ1) is 14.9. The fourth-order valence-corrected chi connectivity index (χ4v) is 2.93. The Morgan fingerprint density at radius 2 is 1.60 bits per heavy atom. The zero-order chi connectivity index (χ0) is 11.6. The Kier molecular flexibility index (Phi) is 9.10. The van der Waals surface area contributed by atoms with E-state index in [9.17, 15) is 8.42 Å². The van der Waals surface area contributed by atoms with Crippen LogP contribution in [-0.2, 0) is 9.84 Å². The Bertz CT molecular complexity index is 225. The first-order valence-corrected chi connectivity index (χ1v) is 7.85. The van der Waals surface area contributed by atoms with Crippen LogP contribution in [0.5, 0.6) is 0 Å². The minimum absolute atomic E-state index is 0.348. The molecule has 0 aliphatic carbocycles. The predicted octanol–water partition coefficient (Wildman–Crippen LogP) is 1.98. The molecule has 0 aliphatic heterocycles. The summed E-state index contributed by atoms with van der Waals surface area (Å²) < 4.78 is 22.7. The van der Waals surface area contributed by atoms with E-state index in [0.29, 0.717) is 11.5 Å². The Balaban J connectivity index is 3.31.